The maximum absolute atomic E-state index is 12.3. The summed E-state index contributed by atoms with van der Waals surface area (Å²) in [5, 5.41) is 2.83. The normalized spacial score (nSPS) is 17.3. The summed E-state index contributed by atoms with van der Waals surface area (Å²) in [6, 6.07) is 9.58. The topological polar surface area (TPSA) is 71.2 Å². The zero-order chi connectivity index (χ0) is 17.8. The van der Waals surface area contributed by atoms with Crippen molar-refractivity contribution in [2.75, 3.05) is 13.2 Å². The summed E-state index contributed by atoms with van der Waals surface area (Å²) < 4.78 is 5.52. The van der Waals surface area contributed by atoms with E-state index >= 15 is 0 Å². The predicted octanol–water partition coefficient (Wildman–Crippen LogP) is 2.82. The second-order valence-corrected chi connectivity index (χ2v) is 6.66. The molecule has 0 radical (unpaired) electrons. The van der Waals surface area contributed by atoms with Crippen molar-refractivity contribution >= 4 is 5.91 Å². The monoisotopic (exact) mass is 340 g/mol. The number of rotatable bonds is 4. The van der Waals surface area contributed by atoms with E-state index < -0.39 is 0 Å². The van der Waals surface area contributed by atoms with Crippen LogP contribution in [0.2, 0.25) is 0 Å². The molecule has 1 aliphatic rings. The number of ether oxygens (including phenoxy) is 1. The molecule has 1 atom stereocenters. The Bertz CT molecular complexity index is 803. The largest absolute Gasteiger partial charge is 0.381 e. The van der Waals surface area contributed by atoms with Crippen molar-refractivity contribution in [2.24, 2.45) is 0 Å². The van der Waals surface area contributed by atoms with Gasteiger partial charge in [0, 0.05) is 35.9 Å². The number of H-pyrrole nitrogens is 1. The van der Waals surface area contributed by atoms with Crippen LogP contribution in [0, 0.1) is 13.8 Å². The fraction of sp³-hybridized carbons (Fsp3) is 0.400. The van der Waals surface area contributed by atoms with Crippen LogP contribution in [0.4, 0.5) is 0 Å². The molecule has 1 fully saturated rings. The Morgan fingerprint density at radius 1 is 1.28 bits per heavy atom. The number of hydrogen-bond acceptors (Lipinski definition) is 3. The van der Waals surface area contributed by atoms with E-state index in [0.717, 1.165) is 37.3 Å². The van der Waals surface area contributed by atoms with Gasteiger partial charge in [-0.25, -0.2) is 0 Å². The maximum atomic E-state index is 12.3. The Labute approximate surface area is 147 Å². The summed E-state index contributed by atoms with van der Waals surface area (Å²) in [7, 11) is 0. The lowest BCUT2D eigenvalue weighted by Gasteiger charge is -2.22. The number of aromatic nitrogens is 1. The van der Waals surface area contributed by atoms with Crippen molar-refractivity contribution in [1.82, 2.24) is 10.3 Å². The van der Waals surface area contributed by atoms with Crippen LogP contribution in [0.3, 0.4) is 0 Å². The molecule has 0 aliphatic carbocycles. The summed E-state index contributed by atoms with van der Waals surface area (Å²) >= 11 is 0. The van der Waals surface area contributed by atoms with Gasteiger partial charge in [0.2, 0.25) is 0 Å². The van der Waals surface area contributed by atoms with Gasteiger partial charge >= 0.3 is 0 Å². The van der Waals surface area contributed by atoms with Crippen LogP contribution in [0.15, 0.2) is 35.1 Å². The number of carbonyl (C=O) groups is 1. The van der Waals surface area contributed by atoms with Gasteiger partial charge in [-0.15, -0.1) is 0 Å². The molecule has 1 amide bonds. The summed E-state index contributed by atoms with van der Waals surface area (Å²) in [5.74, 6) is 0.241. The van der Waals surface area contributed by atoms with Gasteiger partial charge in [-0.3, -0.25) is 9.59 Å². The summed E-state index contributed by atoms with van der Waals surface area (Å²) in [6.45, 7) is 5.54. The molecule has 1 aliphatic heterocycles. The van der Waals surface area contributed by atoms with E-state index in [-0.39, 0.29) is 18.0 Å². The van der Waals surface area contributed by atoms with Gasteiger partial charge in [0.1, 0.15) is 0 Å². The minimum atomic E-state index is -0.175. The van der Waals surface area contributed by atoms with Crippen LogP contribution in [-0.4, -0.2) is 24.1 Å². The molecule has 2 aromatic rings. The third-order valence-electron chi connectivity index (χ3n) is 4.72. The van der Waals surface area contributed by atoms with Crippen LogP contribution in [-0.2, 0) is 11.3 Å². The van der Waals surface area contributed by atoms with Crippen LogP contribution in [0.25, 0.3) is 0 Å². The molecule has 0 saturated carbocycles. The van der Waals surface area contributed by atoms with Gasteiger partial charge in [0.25, 0.3) is 11.5 Å². The lowest BCUT2D eigenvalue weighted by molar-refractivity contribution is 0.0804. The van der Waals surface area contributed by atoms with Crippen LogP contribution in [0.5, 0.6) is 0 Å². The zero-order valence-electron chi connectivity index (χ0n) is 14.7. The minimum Gasteiger partial charge on any atom is -0.381 e. The van der Waals surface area contributed by atoms with E-state index in [4.69, 9.17) is 4.74 Å². The molecule has 2 heterocycles. The first-order valence-electron chi connectivity index (χ1n) is 8.70. The molecule has 1 aromatic heterocycles. The standard InChI is InChI=1S/C20H24N2O3/c1-13-10-14(2)22-20(24)18(13)11-21-19(23)16-7-5-15(6-8-16)17-4-3-9-25-12-17/h5-8,10,17H,3-4,9,11-12H2,1-2H3,(H,21,23)(H,22,24). The molecule has 0 bridgehead atoms. The van der Waals surface area contributed by atoms with Crippen LogP contribution in [0.1, 0.15) is 51.5 Å². The van der Waals surface area contributed by atoms with Gasteiger partial charge in [0.15, 0.2) is 0 Å². The Balaban J connectivity index is 1.64. The first-order valence-corrected chi connectivity index (χ1v) is 8.70. The van der Waals surface area contributed by atoms with Crippen LogP contribution >= 0.6 is 0 Å². The van der Waals surface area contributed by atoms with Crippen molar-refractivity contribution in [3.8, 4) is 0 Å². The Morgan fingerprint density at radius 2 is 2.04 bits per heavy atom. The van der Waals surface area contributed by atoms with Gasteiger partial charge in [-0.05, 0) is 56.0 Å². The summed E-state index contributed by atoms with van der Waals surface area (Å²) in [6.07, 6.45) is 2.21. The number of aromatic amines is 1. The highest BCUT2D eigenvalue weighted by atomic mass is 16.5. The number of pyridine rings is 1. The first-order chi connectivity index (χ1) is 12.0. The van der Waals surface area contributed by atoms with E-state index in [1.807, 2.05) is 44.2 Å². The highest BCUT2D eigenvalue weighted by molar-refractivity contribution is 5.94. The summed E-state index contributed by atoms with van der Waals surface area (Å²) in [4.78, 5) is 27.1. The molecule has 1 aromatic carbocycles. The smallest absolute Gasteiger partial charge is 0.253 e. The second kappa shape index (κ2) is 7.66. The van der Waals surface area contributed by atoms with Gasteiger partial charge in [0.05, 0.1) is 6.61 Å². The van der Waals surface area contributed by atoms with Crippen molar-refractivity contribution < 1.29 is 9.53 Å². The predicted molar refractivity (Wildman–Crippen MR) is 96.9 cm³/mol. The Kier molecular flexibility index (Phi) is 5.34. The third-order valence-corrected chi connectivity index (χ3v) is 4.72. The molecular formula is C20H24N2O3. The van der Waals surface area contributed by atoms with Crippen LogP contribution < -0.4 is 10.9 Å². The Hall–Kier alpha value is -2.40. The van der Waals surface area contributed by atoms with E-state index in [2.05, 4.69) is 10.3 Å². The minimum absolute atomic E-state index is 0.148. The van der Waals surface area contributed by atoms with Crippen molar-refractivity contribution in [3.05, 3.63) is 68.6 Å². The average Bonchev–Trinajstić information content (AvgIpc) is 2.61. The molecule has 0 spiro atoms. The molecule has 25 heavy (non-hydrogen) atoms. The fourth-order valence-corrected chi connectivity index (χ4v) is 3.28. The van der Waals surface area contributed by atoms with E-state index in [1.165, 1.54) is 5.56 Å². The molecule has 1 unspecified atom stereocenters. The quantitative estimate of drug-likeness (QED) is 0.899. The number of hydrogen-bond donors (Lipinski definition) is 2. The molecule has 5 nitrogen and oxygen atoms in total. The number of carbonyl (C=O) groups excluding carboxylic acids is 1. The summed E-state index contributed by atoms with van der Waals surface area (Å²) in [5.41, 5.74) is 3.96. The zero-order valence-corrected chi connectivity index (χ0v) is 14.7. The molecule has 3 rings (SSSR count). The second-order valence-electron chi connectivity index (χ2n) is 6.66. The Morgan fingerprint density at radius 3 is 2.68 bits per heavy atom. The lowest BCUT2D eigenvalue weighted by atomic mass is 9.93. The molecule has 132 valence electrons. The number of nitrogens with one attached hydrogen (secondary N) is 2. The first kappa shape index (κ1) is 17.4. The highest BCUT2D eigenvalue weighted by Gasteiger charge is 2.16. The molecular weight excluding hydrogens is 316 g/mol. The van der Waals surface area contributed by atoms with E-state index in [0.29, 0.717) is 17.0 Å². The highest BCUT2D eigenvalue weighted by Crippen LogP contribution is 2.25. The average molecular weight is 340 g/mol. The van der Waals surface area contributed by atoms with Gasteiger partial charge < -0.3 is 15.0 Å². The van der Waals surface area contributed by atoms with Gasteiger partial charge in [-0.2, -0.15) is 0 Å². The molecule has 2 N–H and O–H groups in total. The van der Waals surface area contributed by atoms with Gasteiger partial charge in [-0.1, -0.05) is 12.1 Å². The SMILES string of the molecule is Cc1cc(C)c(CNC(=O)c2ccc(C3CCCOC3)cc2)c(=O)[nH]1. The van der Waals surface area contributed by atoms with E-state index in [9.17, 15) is 9.59 Å². The molecule has 1 saturated heterocycles. The maximum Gasteiger partial charge on any atom is 0.253 e. The number of amides is 1. The van der Waals surface area contributed by atoms with E-state index in [1.54, 1.807) is 0 Å². The fourth-order valence-electron chi connectivity index (χ4n) is 3.28. The molecule has 5 heteroatoms. The number of aryl methyl sites for hydroxylation is 2. The third kappa shape index (κ3) is 4.17. The lowest BCUT2D eigenvalue weighted by Crippen LogP contribution is -2.28. The van der Waals surface area contributed by atoms with Crippen molar-refractivity contribution in [2.45, 2.75) is 39.2 Å². The number of benzene rings is 1. The van der Waals surface area contributed by atoms with Crippen molar-refractivity contribution in [3.63, 3.8) is 0 Å². The van der Waals surface area contributed by atoms with Crippen molar-refractivity contribution in [1.29, 1.82) is 0 Å².